The second-order valence-electron chi connectivity index (χ2n) is 4.08. The van der Waals surface area contributed by atoms with Gasteiger partial charge in [-0.25, -0.2) is 0 Å². The molecule has 0 saturated heterocycles. The molecule has 0 radical (unpaired) electrons. The second-order valence-corrected chi connectivity index (χ2v) is 4.08. The average molecular weight is 281 g/mol. The normalized spacial score (nSPS) is 16.8. The van der Waals surface area contributed by atoms with Gasteiger partial charge in [0.05, 0.1) is 13.7 Å². The van der Waals surface area contributed by atoms with Gasteiger partial charge in [0, 0.05) is 17.1 Å². The number of anilines is 3. The first-order valence-electron chi connectivity index (χ1n) is 11.2. The summed E-state index contributed by atoms with van der Waals surface area (Å²) in [5.74, 6) is 0. The molecule has 0 fully saturated rings. The van der Waals surface area contributed by atoms with E-state index >= 15 is 0 Å². The lowest BCUT2D eigenvalue weighted by Gasteiger charge is -2.25. The molecular weight excluding hydrogens is 254 g/mol. The second kappa shape index (κ2) is 6.10. The largest absolute Gasteiger partial charge is 0.311 e. The van der Waals surface area contributed by atoms with Crippen molar-refractivity contribution in [1.82, 2.24) is 0 Å². The van der Waals surface area contributed by atoms with Crippen LogP contribution in [0.2, 0.25) is 0 Å². The Hall–Kier alpha value is -2.80. The molecule has 0 atom stereocenters. The zero-order valence-corrected chi connectivity index (χ0v) is 11.0. The summed E-state index contributed by atoms with van der Waals surface area (Å²) in [6.45, 7) is 3.67. The Kier molecular flexibility index (Phi) is 1.72. The first-order valence-corrected chi connectivity index (χ1v) is 6.19. The number of benzene rings is 3. The molecule has 0 heterocycles. The molecule has 21 heavy (non-hydrogen) atoms. The highest BCUT2D eigenvalue weighted by molar-refractivity contribution is 5.76. The predicted octanol–water partition coefficient (Wildman–Crippen LogP) is 5.80. The highest BCUT2D eigenvalue weighted by atomic mass is 15.1. The van der Waals surface area contributed by atoms with E-state index in [9.17, 15) is 0 Å². The van der Waals surface area contributed by atoms with Crippen molar-refractivity contribution in [1.29, 1.82) is 0 Å². The lowest BCUT2D eigenvalue weighted by Crippen LogP contribution is -2.09. The molecule has 1 nitrogen and oxygen atoms in total. The number of rotatable bonds is 4. The monoisotopic (exact) mass is 281 g/mol. The molecule has 0 spiro atoms. The van der Waals surface area contributed by atoms with Crippen molar-refractivity contribution >= 4 is 23.1 Å². The van der Waals surface area contributed by atoms with Gasteiger partial charge >= 0.3 is 0 Å². The fourth-order valence-electron chi connectivity index (χ4n) is 1.84. The van der Waals surface area contributed by atoms with Crippen LogP contribution < -0.4 is 4.90 Å². The van der Waals surface area contributed by atoms with Gasteiger partial charge in [0.1, 0.15) is 0 Å². The number of nitrogens with zero attached hydrogens (tertiary/aromatic N) is 1. The Balaban J connectivity index is 2.49. The van der Waals surface area contributed by atoms with E-state index in [4.69, 9.17) is 13.7 Å². The Bertz CT molecular complexity index is 1080. The van der Waals surface area contributed by atoms with Crippen LogP contribution in [-0.2, 0) is 0 Å². The average Bonchev–Trinajstić information content (AvgIpc) is 2.78. The van der Waals surface area contributed by atoms with E-state index in [1.54, 1.807) is 30.3 Å². The summed E-state index contributed by atoms with van der Waals surface area (Å²) in [6.07, 6.45) is 1.59. The molecule has 0 unspecified atom stereocenters. The van der Waals surface area contributed by atoms with E-state index in [2.05, 4.69) is 6.58 Å². The van der Waals surface area contributed by atoms with Gasteiger partial charge in [0.25, 0.3) is 0 Å². The standard InChI is InChI=1S/C20H17N/c1-2-17-13-15-20(16-14-17)21(18-9-5-3-6-10-18)19-11-7-4-8-12-19/h2-16H,1H2/i3D,4D,5D,6D,7D,8D,9D,10D,11D,12D. The van der Waals surface area contributed by atoms with Crippen LogP contribution in [-0.4, -0.2) is 0 Å². The summed E-state index contributed by atoms with van der Waals surface area (Å²) >= 11 is 0. The third kappa shape index (κ3) is 2.87. The van der Waals surface area contributed by atoms with E-state index in [0.29, 0.717) is 0 Å². The number of hydrogen-bond donors (Lipinski definition) is 0. The Morgan fingerprint density at radius 3 is 1.62 bits per heavy atom. The molecule has 102 valence electrons. The maximum atomic E-state index is 8.35. The van der Waals surface area contributed by atoms with Crippen molar-refractivity contribution in [3.63, 3.8) is 0 Å². The first kappa shape index (κ1) is 5.90. The molecule has 3 aromatic rings. The SMILES string of the molecule is [2H]c1c([2H])c([2H])c(N(c2ccc(C=C)cc2)c2c([2H])c([2H])c([2H])c([2H])c2[2H])c([2H])c1[2H]. The van der Waals surface area contributed by atoms with Gasteiger partial charge in [0.15, 0.2) is 0 Å². The number of hydrogen-bond acceptors (Lipinski definition) is 1. The summed E-state index contributed by atoms with van der Waals surface area (Å²) in [7, 11) is 0. The van der Waals surface area contributed by atoms with Crippen molar-refractivity contribution in [2.75, 3.05) is 4.90 Å². The predicted molar refractivity (Wildman–Crippen MR) is 91.2 cm³/mol. The highest BCUT2D eigenvalue weighted by Crippen LogP contribution is 2.33. The van der Waals surface area contributed by atoms with Crippen LogP contribution in [0.4, 0.5) is 17.1 Å². The lowest BCUT2D eigenvalue weighted by molar-refractivity contribution is 1.28. The van der Waals surface area contributed by atoms with E-state index in [1.807, 2.05) is 0 Å². The molecule has 1 heteroatoms. The zero-order valence-electron chi connectivity index (χ0n) is 21.0. The molecule has 0 bridgehead atoms. The highest BCUT2D eigenvalue weighted by Gasteiger charge is 2.10. The van der Waals surface area contributed by atoms with Gasteiger partial charge in [-0.15, -0.1) is 0 Å². The summed E-state index contributed by atoms with van der Waals surface area (Å²) in [5, 5.41) is 0. The fourth-order valence-corrected chi connectivity index (χ4v) is 1.84. The minimum absolute atomic E-state index is 0.252. The Labute approximate surface area is 139 Å². The quantitative estimate of drug-likeness (QED) is 0.584. The van der Waals surface area contributed by atoms with Crippen molar-refractivity contribution in [2.24, 2.45) is 0 Å². The van der Waals surface area contributed by atoms with Crippen molar-refractivity contribution in [3.8, 4) is 0 Å². The third-order valence-electron chi connectivity index (χ3n) is 2.81. The van der Waals surface area contributed by atoms with Gasteiger partial charge in [-0.1, -0.05) is 61.0 Å². The van der Waals surface area contributed by atoms with Gasteiger partial charge in [-0.3, -0.25) is 0 Å². The van der Waals surface area contributed by atoms with Gasteiger partial charge in [0.2, 0.25) is 0 Å². The molecule has 0 amide bonds. The van der Waals surface area contributed by atoms with E-state index in [1.165, 1.54) is 0 Å². The van der Waals surface area contributed by atoms with Gasteiger partial charge < -0.3 is 4.90 Å². The molecule has 0 aliphatic heterocycles. The maximum Gasteiger partial charge on any atom is 0.0645 e. The fraction of sp³-hybridized carbons (Fsp3) is 0. The Morgan fingerprint density at radius 1 is 0.714 bits per heavy atom. The smallest absolute Gasteiger partial charge is 0.0645 e. The lowest BCUT2D eigenvalue weighted by atomic mass is 10.1. The van der Waals surface area contributed by atoms with Gasteiger partial charge in [-0.05, 0) is 41.9 Å². The van der Waals surface area contributed by atoms with Crippen LogP contribution >= 0.6 is 0 Å². The molecule has 3 aromatic carbocycles. The van der Waals surface area contributed by atoms with Gasteiger partial charge in [-0.2, -0.15) is 0 Å². The zero-order chi connectivity index (χ0) is 23.2. The summed E-state index contributed by atoms with van der Waals surface area (Å²) in [6, 6.07) is 0.562. The minimum Gasteiger partial charge on any atom is -0.311 e. The van der Waals surface area contributed by atoms with Crippen molar-refractivity contribution in [3.05, 3.63) is 96.8 Å². The maximum absolute atomic E-state index is 8.35. The third-order valence-corrected chi connectivity index (χ3v) is 2.81. The number of para-hydroxylation sites is 2. The van der Waals surface area contributed by atoms with Crippen LogP contribution in [0.1, 0.15) is 19.3 Å². The molecule has 3 rings (SSSR count). The van der Waals surface area contributed by atoms with Crippen LogP contribution in [0.15, 0.2) is 91.3 Å². The summed E-state index contributed by atoms with van der Waals surface area (Å²) in [5.41, 5.74) is 0.347. The molecule has 0 aliphatic carbocycles. The van der Waals surface area contributed by atoms with E-state index < -0.39 is 60.4 Å². The molecular formula is C20H17N. The van der Waals surface area contributed by atoms with Crippen molar-refractivity contribution < 1.29 is 13.7 Å². The van der Waals surface area contributed by atoms with E-state index in [-0.39, 0.29) is 17.1 Å². The minimum atomic E-state index is -0.601. The van der Waals surface area contributed by atoms with Crippen LogP contribution in [0.25, 0.3) is 6.08 Å². The molecule has 0 saturated carbocycles. The van der Waals surface area contributed by atoms with Crippen LogP contribution in [0.5, 0.6) is 0 Å². The Morgan fingerprint density at radius 2 is 1.19 bits per heavy atom. The molecule has 0 aliphatic rings. The molecule has 0 aromatic heterocycles. The topological polar surface area (TPSA) is 3.24 Å². The van der Waals surface area contributed by atoms with Crippen molar-refractivity contribution in [2.45, 2.75) is 0 Å². The summed E-state index contributed by atoms with van der Waals surface area (Å²) < 4.78 is 81.1. The van der Waals surface area contributed by atoms with Crippen LogP contribution in [0, 0.1) is 0 Å². The first-order chi connectivity index (χ1) is 14.5. The van der Waals surface area contributed by atoms with E-state index in [0.717, 1.165) is 10.5 Å². The van der Waals surface area contributed by atoms with Crippen LogP contribution in [0.3, 0.4) is 0 Å². The summed E-state index contributed by atoms with van der Waals surface area (Å²) in [4.78, 5) is 1.10. The molecule has 0 N–H and O–H groups in total.